The van der Waals surface area contributed by atoms with Gasteiger partial charge in [0.05, 0.1) is 17.0 Å². The summed E-state index contributed by atoms with van der Waals surface area (Å²) in [5, 5.41) is 10.0. The number of sulfonamides is 1. The number of terminal acetylenes is 1. The molecule has 1 aliphatic heterocycles. The van der Waals surface area contributed by atoms with Crippen molar-refractivity contribution in [2.24, 2.45) is 0 Å². The number of likely N-dealkylation sites (N-methyl/N-ethyl adjacent to an activating group) is 1. The third-order valence-electron chi connectivity index (χ3n) is 5.84. The molecule has 1 unspecified atom stereocenters. The minimum atomic E-state index is -3.95. The number of carbonyl (C=O) groups is 1. The van der Waals surface area contributed by atoms with Gasteiger partial charge in [-0.1, -0.05) is 5.92 Å². The molecule has 3 heterocycles. The number of nitrogens with one attached hydrogen (secondary N) is 2. The molecule has 1 atom stereocenters. The lowest BCUT2D eigenvalue weighted by atomic mass is 10.1. The molecule has 1 fully saturated rings. The van der Waals surface area contributed by atoms with Gasteiger partial charge in [0, 0.05) is 35.1 Å². The normalized spacial score (nSPS) is 17.5. The van der Waals surface area contributed by atoms with Crippen LogP contribution in [0.25, 0.3) is 21.8 Å². The van der Waals surface area contributed by atoms with Crippen LogP contribution in [0.4, 0.5) is 0 Å². The van der Waals surface area contributed by atoms with Crippen LogP contribution < -0.4 is 5.56 Å². The van der Waals surface area contributed by atoms with Gasteiger partial charge in [-0.05, 0) is 44.6 Å². The van der Waals surface area contributed by atoms with Gasteiger partial charge >= 0.3 is 5.97 Å². The molecule has 1 saturated heterocycles. The fourth-order valence-electron chi connectivity index (χ4n) is 4.18. The Kier molecular flexibility index (Phi) is 5.35. The lowest BCUT2D eigenvalue weighted by Crippen LogP contribution is -2.41. The molecule has 0 amide bonds. The molecule has 3 aromatic rings. The van der Waals surface area contributed by atoms with Crippen LogP contribution in [0.5, 0.6) is 0 Å². The van der Waals surface area contributed by atoms with E-state index in [-0.39, 0.29) is 40.5 Å². The quantitative estimate of drug-likeness (QED) is 0.496. The van der Waals surface area contributed by atoms with Crippen molar-refractivity contribution >= 4 is 37.8 Å². The summed E-state index contributed by atoms with van der Waals surface area (Å²) in [7, 11) is -1.99. The molecular weight excluding hydrogens is 420 g/mol. The van der Waals surface area contributed by atoms with Gasteiger partial charge < -0.3 is 20.0 Å². The third-order valence-corrected chi connectivity index (χ3v) is 7.65. The van der Waals surface area contributed by atoms with Crippen molar-refractivity contribution in [3.8, 4) is 12.3 Å². The summed E-state index contributed by atoms with van der Waals surface area (Å²) in [4.78, 5) is 31.4. The minimum absolute atomic E-state index is 0.0122. The van der Waals surface area contributed by atoms with E-state index < -0.39 is 21.6 Å². The van der Waals surface area contributed by atoms with Crippen molar-refractivity contribution in [3.05, 3.63) is 40.3 Å². The van der Waals surface area contributed by atoms with Crippen LogP contribution in [0.2, 0.25) is 0 Å². The molecule has 0 bridgehead atoms. The fraction of sp³-hybridized carbons (Fsp3) is 0.333. The summed E-state index contributed by atoms with van der Waals surface area (Å²) in [6, 6.07) is 4.34. The van der Waals surface area contributed by atoms with Crippen LogP contribution in [0.15, 0.2) is 34.1 Å². The number of fused-ring (bicyclic) bond motifs is 3. The van der Waals surface area contributed by atoms with Gasteiger partial charge in [0.25, 0.3) is 5.56 Å². The van der Waals surface area contributed by atoms with Crippen molar-refractivity contribution in [2.45, 2.75) is 23.8 Å². The Labute approximate surface area is 178 Å². The Morgan fingerprint density at radius 3 is 2.84 bits per heavy atom. The van der Waals surface area contributed by atoms with Crippen LogP contribution in [0.1, 0.15) is 23.2 Å². The molecule has 0 saturated carbocycles. The van der Waals surface area contributed by atoms with Gasteiger partial charge in [0.15, 0.2) is 0 Å². The molecular formula is C21H22N4O5S. The second-order valence-electron chi connectivity index (χ2n) is 7.70. The monoisotopic (exact) mass is 442 g/mol. The molecule has 162 valence electrons. The van der Waals surface area contributed by atoms with Crippen molar-refractivity contribution in [3.63, 3.8) is 0 Å². The molecule has 1 aromatic carbocycles. The van der Waals surface area contributed by atoms with Gasteiger partial charge in [-0.15, -0.1) is 6.42 Å². The van der Waals surface area contributed by atoms with E-state index in [1.165, 1.54) is 28.7 Å². The van der Waals surface area contributed by atoms with Crippen LogP contribution in [-0.4, -0.2) is 71.4 Å². The van der Waals surface area contributed by atoms with Crippen LogP contribution in [0, 0.1) is 12.3 Å². The molecule has 0 spiro atoms. The molecule has 0 aliphatic carbocycles. The topological polar surface area (TPSA) is 127 Å². The number of rotatable bonds is 6. The van der Waals surface area contributed by atoms with Gasteiger partial charge in [-0.25, -0.2) is 13.2 Å². The molecule has 0 radical (unpaired) electrons. The summed E-state index contributed by atoms with van der Waals surface area (Å²) in [5.41, 5.74) is -0.164. The number of carboxylic acids is 1. The highest BCUT2D eigenvalue weighted by atomic mass is 32.2. The van der Waals surface area contributed by atoms with E-state index in [2.05, 4.69) is 20.8 Å². The zero-order valence-corrected chi connectivity index (χ0v) is 17.7. The van der Waals surface area contributed by atoms with Crippen molar-refractivity contribution in [2.75, 3.05) is 26.7 Å². The highest BCUT2D eigenvalue weighted by molar-refractivity contribution is 7.89. The minimum Gasteiger partial charge on any atom is -0.478 e. The average Bonchev–Trinajstić information content (AvgIpc) is 3.34. The maximum absolute atomic E-state index is 13.4. The maximum atomic E-state index is 13.4. The number of aromatic nitrogens is 2. The number of H-pyrrole nitrogens is 2. The van der Waals surface area contributed by atoms with Crippen LogP contribution in [-0.2, 0) is 10.0 Å². The van der Waals surface area contributed by atoms with Crippen molar-refractivity contribution in [1.82, 2.24) is 19.2 Å². The fourth-order valence-corrected chi connectivity index (χ4v) is 5.60. The second kappa shape index (κ2) is 7.85. The van der Waals surface area contributed by atoms with Crippen LogP contribution in [0.3, 0.4) is 0 Å². The average molecular weight is 442 g/mol. The number of likely N-dealkylation sites (tertiary alicyclic amines) is 1. The van der Waals surface area contributed by atoms with Gasteiger partial charge in [-0.2, -0.15) is 4.31 Å². The number of benzene rings is 1. The predicted octanol–water partition coefficient (Wildman–Crippen LogP) is 1.43. The largest absolute Gasteiger partial charge is 0.478 e. The molecule has 1 aliphatic rings. The lowest BCUT2D eigenvalue weighted by molar-refractivity contribution is 0.0699. The Hall–Kier alpha value is -3.13. The smallest absolute Gasteiger partial charge is 0.337 e. The van der Waals surface area contributed by atoms with E-state index in [9.17, 15) is 23.1 Å². The molecule has 3 N–H and O–H groups in total. The third kappa shape index (κ3) is 3.61. The Bertz CT molecular complexity index is 1380. The Morgan fingerprint density at radius 1 is 1.42 bits per heavy atom. The summed E-state index contributed by atoms with van der Waals surface area (Å²) in [5.74, 6) is 1.21. The first-order chi connectivity index (χ1) is 14.7. The molecule has 9 nitrogen and oxygen atoms in total. The number of nitrogens with zero attached hydrogens (tertiary/aromatic N) is 2. The SMILES string of the molecule is C#CCN(CC1CCCN1C)S(=O)(=O)c1ccc2[nH]c(=O)c3[nH]cc(C(=O)O)c3c2c1. The maximum Gasteiger partial charge on any atom is 0.337 e. The van der Waals surface area contributed by atoms with Gasteiger partial charge in [0.1, 0.15) is 5.52 Å². The van der Waals surface area contributed by atoms with Crippen molar-refractivity contribution < 1.29 is 18.3 Å². The number of hydrogen-bond donors (Lipinski definition) is 3. The summed E-state index contributed by atoms with van der Waals surface area (Å²) in [6.07, 6.45) is 8.57. The number of carboxylic acid groups (broad SMARTS) is 1. The van der Waals surface area contributed by atoms with E-state index in [0.717, 1.165) is 19.4 Å². The number of aromatic amines is 2. The lowest BCUT2D eigenvalue weighted by Gasteiger charge is -2.27. The van der Waals surface area contributed by atoms with E-state index >= 15 is 0 Å². The highest BCUT2D eigenvalue weighted by Gasteiger charge is 2.30. The summed E-state index contributed by atoms with van der Waals surface area (Å²) < 4.78 is 28.1. The van der Waals surface area contributed by atoms with Crippen molar-refractivity contribution in [1.29, 1.82) is 0 Å². The number of pyridine rings is 1. The first kappa shape index (κ1) is 21.1. The zero-order chi connectivity index (χ0) is 22.3. The van der Waals surface area contributed by atoms with E-state index in [0.29, 0.717) is 10.9 Å². The first-order valence-electron chi connectivity index (χ1n) is 9.78. The zero-order valence-electron chi connectivity index (χ0n) is 16.9. The molecule has 2 aromatic heterocycles. The van der Waals surface area contributed by atoms with E-state index in [4.69, 9.17) is 6.42 Å². The number of hydrogen-bond acceptors (Lipinski definition) is 5. The molecule has 10 heteroatoms. The molecule has 4 rings (SSSR count). The highest BCUT2D eigenvalue weighted by Crippen LogP contribution is 2.28. The Balaban J connectivity index is 1.86. The predicted molar refractivity (Wildman–Crippen MR) is 117 cm³/mol. The van der Waals surface area contributed by atoms with E-state index in [1.807, 2.05) is 7.05 Å². The second-order valence-corrected chi connectivity index (χ2v) is 9.64. The Morgan fingerprint density at radius 2 is 2.19 bits per heavy atom. The first-order valence-corrected chi connectivity index (χ1v) is 11.2. The van der Waals surface area contributed by atoms with Crippen LogP contribution >= 0.6 is 0 Å². The standard InChI is InChI=1S/C21H22N4O5S/c1-3-8-25(12-13-5-4-9-24(13)2)31(29,30)14-6-7-17-15(10-14)18-16(21(27)28)11-22-19(18)20(26)23-17/h1,6-7,10-11,13,22H,4-5,8-9,12H2,2H3,(H,23,26)(H,27,28). The van der Waals surface area contributed by atoms with Gasteiger partial charge in [-0.3, -0.25) is 4.79 Å². The molecule has 31 heavy (non-hydrogen) atoms. The summed E-state index contributed by atoms with van der Waals surface area (Å²) in [6.45, 7) is 1.10. The van der Waals surface area contributed by atoms with Gasteiger partial charge in [0.2, 0.25) is 10.0 Å². The van der Waals surface area contributed by atoms with E-state index in [1.54, 1.807) is 0 Å². The summed E-state index contributed by atoms with van der Waals surface area (Å²) >= 11 is 0. The number of aromatic carboxylic acids is 1.